The van der Waals surface area contributed by atoms with Crippen LogP contribution in [0.25, 0.3) is 0 Å². The Hall–Kier alpha value is -3.16. The Labute approximate surface area is 130 Å². The topological polar surface area (TPSA) is 83.4 Å². The molecule has 1 heterocycles. The zero-order valence-electron chi connectivity index (χ0n) is 11.9. The Balaban J connectivity index is 2.06. The zero-order chi connectivity index (χ0) is 16.8. The molecule has 2 rings (SSSR count). The molecular formula is C15H11F2N4O2. The van der Waals surface area contributed by atoms with E-state index >= 15 is 0 Å². The molecule has 2 N–H and O–H groups in total. The van der Waals surface area contributed by atoms with Crippen molar-refractivity contribution in [2.75, 3.05) is 5.32 Å². The van der Waals surface area contributed by atoms with Gasteiger partial charge in [0.2, 0.25) is 6.29 Å². The van der Waals surface area contributed by atoms with Crippen molar-refractivity contribution in [1.82, 2.24) is 10.4 Å². The molecule has 2 amide bonds. The minimum atomic E-state index is -0.820. The summed E-state index contributed by atoms with van der Waals surface area (Å²) in [6.07, 6.45) is 3.17. The smallest absolute Gasteiger partial charge is 0.306 e. The first-order valence-corrected chi connectivity index (χ1v) is 6.40. The standard InChI is InChI=1S/C15H11F2N4O2/c1-9(14-10(8-22)3-2-4-18-14)20-21-15(23)19-13-6-11(16)5-12(17)7-13/h2-7H,1H3,(H2,19,21,23)/b20-9+. The molecule has 0 saturated carbocycles. The number of hydrazone groups is 1. The van der Waals surface area contributed by atoms with Crippen LogP contribution in [0.15, 0.2) is 41.6 Å². The van der Waals surface area contributed by atoms with Gasteiger partial charge in [0.15, 0.2) is 0 Å². The summed E-state index contributed by atoms with van der Waals surface area (Å²) in [6.45, 7) is 1.53. The number of pyridine rings is 1. The van der Waals surface area contributed by atoms with Crippen molar-refractivity contribution in [3.05, 3.63) is 59.4 Å². The molecule has 0 fully saturated rings. The predicted molar refractivity (Wildman–Crippen MR) is 79.8 cm³/mol. The van der Waals surface area contributed by atoms with E-state index in [-0.39, 0.29) is 22.7 Å². The van der Waals surface area contributed by atoms with Gasteiger partial charge in [-0.1, -0.05) is 0 Å². The highest BCUT2D eigenvalue weighted by Gasteiger charge is 2.08. The van der Waals surface area contributed by atoms with Gasteiger partial charge < -0.3 is 5.32 Å². The first-order valence-electron chi connectivity index (χ1n) is 6.40. The fourth-order valence-electron chi connectivity index (χ4n) is 1.75. The van der Waals surface area contributed by atoms with Crippen LogP contribution < -0.4 is 10.7 Å². The maximum atomic E-state index is 13.0. The van der Waals surface area contributed by atoms with Crippen molar-refractivity contribution >= 4 is 23.7 Å². The molecular weight excluding hydrogens is 306 g/mol. The number of hydrogen-bond donors (Lipinski definition) is 2. The number of halogens is 2. The number of carbonyl (C=O) groups is 1. The van der Waals surface area contributed by atoms with E-state index in [0.717, 1.165) is 12.1 Å². The van der Waals surface area contributed by atoms with Crippen LogP contribution in [0.1, 0.15) is 18.2 Å². The van der Waals surface area contributed by atoms with Gasteiger partial charge in [-0.2, -0.15) is 5.10 Å². The van der Waals surface area contributed by atoms with Crippen LogP contribution >= 0.6 is 0 Å². The average Bonchev–Trinajstić information content (AvgIpc) is 2.51. The summed E-state index contributed by atoms with van der Waals surface area (Å²) in [4.78, 5) is 26.4. The Morgan fingerprint density at radius 3 is 2.61 bits per heavy atom. The summed E-state index contributed by atoms with van der Waals surface area (Å²) in [5.74, 6) is -1.64. The molecule has 0 unspecified atom stereocenters. The third-order valence-corrected chi connectivity index (χ3v) is 2.71. The van der Waals surface area contributed by atoms with Crippen LogP contribution in [0, 0.1) is 11.6 Å². The summed E-state index contributed by atoms with van der Waals surface area (Å²) in [5, 5.41) is 5.99. The van der Waals surface area contributed by atoms with Crippen molar-refractivity contribution in [3.8, 4) is 0 Å². The van der Waals surface area contributed by atoms with Gasteiger partial charge in [-0.3, -0.25) is 9.78 Å². The Bertz CT molecular complexity index is 758. The lowest BCUT2D eigenvalue weighted by Crippen LogP contribution is -2.25. The number of anilines is 1. The molecule has 0 aliphatic heterocycles. The molecule has 0 bridgehead atoms. The fraction of sp³-hybridized carbons (Fsp3) is 0.0667. The van der Waals surface area contributed by atoms with Gasteiger partial charge in [0.1, 0.15) is 11.6 Å². The van der Waals surface area contributed by atoms with Crippen LogP contribution in [-0.4, -0.2) is 23.0 Å². The van der Waals surface area contributed by atoms with Crippen LogP contribution in [0.2, 0.25) is 0 Å². The van der Waals surface area contributed by atoms with Crippen LogP contribution in [0.4, 0.5) is 19.3 Å². The summed E-state index contributed by atoms with van der Waals surface area (Å²) >= 11 is 0. The molecule has 1 aromatic heterocycles. The van der Waals surface area contributed by atoms with Crippen LogP contribution in [0.3, 0.4) is 0 Å². The molecule has 8 heteroatoms. The molecule has 0 spiro atoms. The fourth-order valence-corrected chi connectivity index (χ4v) is 1.75. The number of aromatic nitrogens is 1. The Morgan fingerprint density at radius 1 is 1.26 bits per heavy atom. The number of benzene rings is 1. The lowest BCUT2D eigenvalue weighted by atomic mass is 10.1. The van der Waals surface area contributed by atoms with Crippen LogP contribution in [-0.2, 0) is 4.79 Å². The third kappa shape index (κ3) is 4.40. The minimum Gasteiger partial charge on any atom is -0.306 e. The number of nitrogens with zero attached hydrogens (tertiary/aromatic N) is 2. The van der Waals surface area contributed by atoms with Gasteiger partial charge >= 0.3 is 6.03 Å². The number of amides is 2. The largest absolute Gasteiger partial charge is 0.339 e. The van der Waals surface area contributed by atoms with Crippen molar-refractivity contribution in [2.24, 2.45) is 5.10 Å². The van der Waals surface area contributed by atoms with E-state index in [1.807, 2.05) is 0 Å². The van der Waals surface area contributed by atoms with Crippen molar-refractivity contribution < 1.29 is 18.4 Å². The summed E-state index contributed by atoms with van der Waals surface area (Å²) in [7, 11) is 0. The first-order chi connectivity index (χ1) is 11.0. The molecule has 1 radical (unpaired) electrons. The number of nitrogens with one attached hydrogen (secondary N) is 2. The van der Waals surface area contributed by atoms with Gasteiger partial charge in [-0.15, -0.1) is 0 Å². The summed E-state index contributed by atoms with van der Waals surface area (Å²) in [6, 6.07) is 4.86. The van der Waals surface area contributed by atoms with Gasteiger partial charge in [-0.05, 0) is 31.2 Å². The van der Waals surface area contributed by atoms with E-state index < -0.39 is 17.7 Å². The highest BCUT2D eigenvalue weighted by Crippen LogP contribution is 2.12. The zero-order valence-corrected chi connectivity index (χ0v) is 11.9. The number of rotatable bonds is 4. The lowest BCUT2D eigenvalue weighted by molar-refractivity contribution is 0.252. The molecule has 2 aromatic rings. The van der Waals surface area contributed by atoms with E-state index in [1.165, 1.54) is 19.2 Å². The van der Waals surface area contributed by atoms with E-state index in [0.29, 0.717) is 6.07 Å². The van der Waals surface area contributed by atoms with Gasteiger partial charge in [-0.25, -0.2) is 19.0 Å². The van der Waals surface area contributed by atoms with Gasteiger partial charge in [0.05, 0.1) is 17.0 Å². The molecule has 0 saturated heterocycles. The maximum Gasteiger partial charge on any atom is 0.339 e. The van der Waals surface area contributed by atoms with Crippen molar-refractivity contribution in [3.63, 3.8) is 0 Å². The van der Waals surface area contributed by atoms with Crippen molar-refractivity contribution in [1.29, 1.82) is 0 Å². The van der Waals surface area contributed by atoms with Gasteiger partial charge in [0, 0.05) is 18.0 Å². The first kappa shape index (κ1) is 16.2. The Morgan fingerprint density at radius 2 is 1.96 bits per heavy atom. The number of carbonyl (C=O) groups excluding carboxylic acids is 2. The predicted octanol–water partition coefficient (Wildman–Crippen LogP) is 2.36. The highest BCUT2D eigenvalue weighted by molar-refractivity contribution is 6.03. The third-order valence-electron chi connectivity index (χ3n) is 2.71. The number of hydrogen-bond acceptors (Lipinski definition) is 4. The second kappa shape index (κ2) is 7.21. The lowest BCUT2D eigenvalue weighted by Gasteiger charge is -2.06. The Kier molecular flexibility index (Phi) is 5.08. The second-order valence-electron chi connectivity index (χ2n) is 4.42. The van der Waals surface area contributed by atoms with E-state index in [4.69, 9.17) is 0 Å². The van der Waals surface area contributed by atoms with E-state index in [9.17, 15) is 18.4 Å². The summed E-state index contributed by atoms with van der Waals surface area (Å²) < 4.78 is 26.0. The second-order valence-corrected chi connectivity index (χ2v) is 4.42. The maximum absolute atomic E-state index is 13.0. The molecule has 1 aromatic carbocycles. The van der Waals surface area contributed by atoms with Gasteiger partial charge in [0.25, 0.3) is 0 Å². The van der Waals surface area contributed by atoms with E-state index in [2.05, 4.69) is 20.8 Å². The average molecular weight is 317 g/mol. The monoisotopic (exact) mass is 317 g/mol. The van der Waals surface area contributed by atoms with Crippen molar-refractivity contribution in [2.45, 2.75) is 6.92 Å². The molecule has 0 aliphatic carbocycles. The highest BCUT2D eigenvalue weighted by atomic mass is 19.1. The quantitative estimate of drug-likeness (QED) is 0.671. The van der Waals surface area contributed by atoms with Crippen LogP contribution in [0.5, 0.6) is 0 Å². The molecule has 0 aliphatic rings. The molecule has 23 heavy (non-hydrogen) atoms. The van der Waals surface area contributed by atoms with E-state index in [1.54, 1.807) is 12.4 Å². The SMILES string of the molecule is C/C(=N\NC(=O)Nc1cc(F)cc(F)c1)c1ncccc1[C]=O. The molecule has 0 atom stereocenters. The normalized spacial score (nSPS) is 11.0. The molecule has 117 valence electrons. The minimum absolute atomic E-state index is 0.0624. The summed E-state index contributed by atoms with van der Waals surface area (Å²) in [5.41, 5.74) is 2.81. The molecule has 6 nitrogen and oxygen atoms in total. The number of urea groups is 1.